The minimum Gasteiger partial charge on any atom is -0.407 e. The quantitative estimate of drug-likeness (QED) is 0.686. The van der Waals surface area contributed by atoms with Gasteiger partial charge in [-0.2, -0.15) is 0 Å². The predicted octanol–water partition coefficient (Wildman–Crippen LogP) is 2.10. The molecule has 3 heteroatoms. The maximum atomic E-state index is 11.8. The van der Waals surface area contributed by atoms with Gasteiger partial charge < -0.3 is 4.74 Å². The Morgan fingerprint density at radius 2 is 1.82 bits per heavy atom. The van der Waals surface area contributed by atoms with E-state index in [9.17, 15) is 4.79 Å². The van der Waals surface area contributed by atoms with Gasteiger partial charge in [-0.15, -0.1) is 0 Å². The highest BCUT2D eigenvalue weighted by atomic mass is 16.5. The molecular formula is C14H11NO2. The minimum atomic E-state index is -0.271. The highest BCUT2D eigenvalue weighted by Crippen LogP contribution is 2.23. The summed E-state index contributed by atoms with van der Waals surface area (Å²) in [6.07, 6.45) is 7.52. The van der Waals surface area contributed by atoms with Crippen LogP contribution < -0.4 is 0 Å². The first-order valence-electron chi connectivity index (χ1n) is 5.54. The zero-order chi connectivity index (χ0) is 11.7. The molecule has 0 N–H and O–H groups in total. The van der Waals surface area contributed by atoms with Gasteiger partial charge in [0.2, 0.25) is 5.90 Å². The summed E-state index contributed by atoms with van der Waals surface area (Å²) in [5.41, 5.74) is 0.835. The molecule has 3 rings (SSSR count). The van der Waals surface area contributed by atoms with Crippen LogP contribution in [0.3, 0.4) is 0 Å². The maximum absolute atomic E-state index is 11.8. The number of carbonyl (C=O) groups excluding carboxylic acids is 1. The van der Waals surface area contributed by atoms with Gasteiger partial charge in [0.1, 0.15) is 5.92 Å². The molecule has 0 saturated carbocycles. The normalized spacial score (nSPS) is 26.1. The largest absolute Gasteiger partial charge is 0.407 e. The highest BCUT2D eigenvalue weighted by Gasteiger charge is 2.33. The van der Waals surface area contributed by atoms with E-state index < -0.39 is 0 Å². The zero-order valence-corrected chi connectivity index (χ0v) is 9.11. The van der Waals surface area contributed by atoms with Crippen LogP contribution in [0, 0.1) is 5.92 Å². The molecule has 84 valence electrons. The molecule has 0 saturated heterocycles. The maximum Gasteiger partial charge on any atom is 0.322 e. The zero-order valence-electron chi connectivity index (χ0n) is 9.11. The van der Waals surface area contributed by atoms with Crippen molar-refractivity contribution in [3.8, 4) is 0 Å². The van der Waals surface area contributed by atoms with Gasteiger partial charge in [-0.3, -0.25) is 4.79 Å². The molecule has 17 heavy (non-hydrogen) atoms. The Labute approximate surface area is 99.1 Å². The number of fused-ring (bicyclic) bond motifs is 1. The number of aliphatic imine (C=N–C) groups is 1. The van der Waals surface area contributed by atoms with Crippen molar-refractivity contribution < 1.29 is 9.53 Å². The van der Waals surface area contributed by atoms with Crippen LogP contribution in [0.2, 0.25) is 0 Å². The van der Waals surface area contributed by atoms with Crippen LogP contribution in [-0.4, -0.2) is 17.9 Å². The van der Waals surface area contributed by atoms with Crippen LogP contribution in [-0.2, 0) is 9.53 Å². The first kappa shape index (κ1) is 10.0. The summed E-state index contributed by atoms with van der Waals surface area (Å²) in [6.45, 7) is 0. The molecule has 1 aromatic rings. The molecule has 2 aliphatic rings. The summed E-state index contributed by atoms with van der Waals surface area (Å²) >= 11 is 0. The second kappa shape index (κ2) is 4.01. The summed E-state index contributed by atoms with van der Waals surface area (Å²) in [5, 5.41) is 0. The van der Waals surface area contributed by atoms with Crippen molar-refractivity contribution in [3.05, 3.63) is 60.2 Å². The molecule has 0 aromatic heterocycles. The van der Waals surface area contributed by atoms with Crippen molar-refractivity contribution in [3.63, 3.8) is 0 Å². The van der Waals surface area contributed by atoms with Crippen molar-refractivity contribution in [1.29, 1.82) is 0 Å². The Balaban J connectivity index is 1.98. The van der Waals surface area contributed by atoms with Crippen molar-refractivity contribution in [2.24, 2.45) is 10.9 Å². The lowest BCUT2D eigenvalue weighted by Crippen LogP contribution is -2.35. The number of rotatable bonds is 1. The Hall–Kier alpha value is -2.16. The molecular weight excluding hydrogens is 214 g/mol. The van der Waals surface area contributed by atoms with Crippen LogP contribution >= 0.6 is 0 Å². The number of esters is 1. The average Bonchev–Trinajstić information content (AvgIpc) is 2.40. The van der Waals surface area contributed by atoms with Crippen molar-refractivity contribution >= 4 is 11.9 Å². The first-order valence-corrected chi connectivity index (χ1v) is 5.54. The summed E-state index contributed by atoms with van der Waals surface area (Å²) < 4.78 is 5.27. The van der Waals surface area contributed by atoms with Gasteiger partial charge in [0.05, 0.1) is 6.04 Å². The Morgan fingerprint density at radius 3 is 2.65 bits per heavy atom. The molecule has 0 amide bonds. The molecule has 0 spiro atoms. The predicted molar refractivity (Wildman–Crippen MR) is 64.6 cm³/mol. The van der Waals surface area contributed by atoms with Crippen LogP contribution in [0.15, 0.2) is 59.6 Å². The van der Waals surface area contributed by atoms with Crippen LogP contribution in [0.5, 0.6) is 0 Å². The van der Waals surface area contributed by atoms with Gasteiger partial charge in [-0.05, 0) is 12.1 Å². The van der Waals surface area contributed by atoms with E-state index in [1.807, 2.05) is 54.6 Å². The van der Waals surface area contributed by atoms with E-state index in [4.69, 9.17) is 4.74 Å². The summed E-state index contributed by atoms with van der Waals surface area (Å²) in [4.78, 5) is 16.3. The fraction of sp³-hybridized carbons (Fsp3) is 0.143. The number of carbonyl (C=O) groups is 1. The fourth-order valence-electron chi connectivity index (χ4n) is 1.98. The molecule has 1 aromatic carbocycles. The molecule has 3 nitrogen and oxygen atoms in total. The Morgan fingerprint density at radius 1 is 1.06 bits per heavy atom. The number of ether oxygens (including phenoxy) is 1. The van der Waals surface area contributed by atoms with Gasteiger partial charge in [0.15, 0.2) is 0 Å². The highest BCUT2D eigenvalue weighted by molar-refractivity contribution is 6.03. The summed E-state index contributed by atoms with van der Waals surface area (Å²) in [5.74, 6) is -0.0892. The standard InChI is InChI=1S/C14H11NO2/c16-14-11-8-4-5-9-12(11)15-13(17-14)10-6-2-1-3-7-10/h1-9,11-12H/t11-,12+/m0/s1. The van der Waals surface area contributed by atoms with Gasteiger partial charge in [0, 0.05) is 5.56 Å². The monoisotopic (exact) mass is 225 g/mol. The van der Waals surface area contributed by atoms with E-state index in [0.717, 1.165) is 5.56 Å². The van der Waals surface area contributed by atoms with Crippen LogP contribution in [0.25, 0.3) is 0 Å². The lowest BCUT2D eigenvalue weighted by molar-refractivity contribution is -0.139. The van der Waals surface area contributed by atoms with Gasteiger partial charge in [-0.25, -0.2) is 4.99 Å². The van der Waals surface area contributed by atoms with E-state index in [2.05, 4.69) is 4.99 Å². The summed E-state index contributed by atoms with van der Waals surface area (Å²) in [7, 11) is 0. The van der Waals surface area contributed by atoms with E-state index in [1.54, 1.807) is 0 Å². The topological polar surface area (TPSA) is 38.7 Å². The third kappa shape index (κ3) is 1.80. The lowest BCUT2D eigenvalue weighted by atomic mass is 9.94. The van der Waals surface area contributed by atoms with Gasteiger partial charge >= 0.3 is 5.97 Å². The van der Waals surface area contributed by atoms with Gasteiger partial charge in [0.25, 0.3) is 0 Å². The minimum absolute atomic E-state index is 0.128. The number of benzene rings is 1. The fourth-order valence-corrected chi connectivity index (χ4v) is 1.98. The van der Waals surface area contributed by atoms with Crippen molar-refractivity contribution in [1.82, 2.24) is 0 Å². The van der Waals surface area contributed by atoms with E-state index in [1.165, 1.54) is 0 Å². The first-order chi connectivity index (χ1) is 8.34. The molecule has 0 bridgehead atoms. The number of cyclic esters (lactones) is 1. The molecule has 1 aliphatic heterocycles. The number of nitrogens with zero attached hydrogens (tertiary/aromatic N) is 1. The third-order valence-corrected chi connectivity index (χ3v) is 2.86. The Bertz CT molecular complexity index is 528. The number of allylic oxidation sites excluding steroid dienone is 2. The second-order valence-corrected chi connectivity index (χ2v) is 4.01. The van der Waals surface area contributed by atoms with E-state index in [-0.39, 0.29) is 17.9 Å². The molecule has 0 unspecified atom stereocenters. The lowest BCUT2D eigenvalue weighted by Gasteiger charge is -2.25. The number of hydrogen-bond acceptors (Lipinski definition) is 3. The van der Waals surface area contributed by atoms with Gasteiger partial charge in [-0.1, -0.05) is 42.5 Å². The average molecular weight is 225 g/mol. The molecule has 2 atom stereocenters. The van der Waals surface area contributed by atoms with Crippen molar-refractivity contribution in [2.45, 2.75) is 6.04 Å². The second-order valence-electron chi connectivity index (χ2n) is 4.01. The molecule has 1 heterocycles. The van der Waals surface area contributed by atoms with Crippen LogP contribution in [0.1, 0.15) is 5.56 Å². The van der Waals surface area contributed by atoms with E-state index >= 15 is 0 Å². The van der Waals surface area contributed by atoms with Crippen LogP contribution in [0.4, 0.5) is 0 Å². The van der Waals surface area contributed by atoms with E-state index in [0.29, 0.717) is 5.90 Å². The number of hydrogen-bond donors (Lipinski definition) is 0. The smallest absolute Gasteiger partial charge is 0.322 e. The molecule has 1 aliphatic carbocycles. The summed E-state index contributed by atoms with van der Waals surface area (Å²) in [6, 6.07) is 9.35. The molecule has 0 fully saturated rings. The van der Waals surface area contributed by atoms with Crippen molar-refractivity contribution in [2.75, 3.05) is 0 Å². The third-order valence-electron chi connectivity index (χ3n) is 2.86. The molecule has 0 radical (unpaired) electrons. The Kier molecular flexibility index (Phi) is 2.37. The SMILES string of the molecule is O=C1OC(c2ccccc2)=N[C@@H]2C=CC=C[C@H]12.